The lowest BCUT2D eigenvalue weighted by atomic mass is 10.2. The zero-order valence-electron chi connectivity index (χ0n) is 10.9. The van der Waals surface area contributed by atoms with E-state index in [1.807, 2.05) is 20.8 Å². The van der Waals surface area contributed by atoms with Crippen LogP contribution in [0.25, 0.3) is 0 Å². The maximum atomic E-state index is 11.9. The molecule has 0 aromatic carbocycles. The Bertz CT molecular complexity index is 256. The number of amides is 1. The number of carbonyl (C=O) groups excluding carboxylic acids is 1. The minimum atomic E-state index is -0.471. The molecule has 1 heterocycles. The number of nitrogens with zero attached hydrogens (tertiary/aromatic N) is 1. The van der Waals surface area contributed by atoms with Gasteiger partial charge in [-0.15, -0.1) is 12.4 Å². The zero-order valence-corrected chi connectivity index (χ0v) is 11.8. The maximum Gasteiger partial charge on any atom is 0.410 e. The Kier molecular flexibility index (Phi) is 6.23. The van der Waals surface area contributed by atoms with Crippen LogP contribution in [0.1, 0.15) is 27.2 Å². The SMILES string of the molecule is COC[C@@H]1C[C@@H](N)CN1C(=O)OC(C)(C)C.Cl. The topological polar surface area (TPSA) is 64.8 Å². The second-order valence-corrected chi connectivity index (χ2v) is 5.24. The quantitative estimate of drug-likeness (QED) is 0.820. The van der Waals surface area contributed by atoms with Crippen LogP contribution < -0.4 is 5.73 Å². The van der Waals surface area contributed by atoms with Crippen LogP contribution >= 0.6 is 12.4 Å². The van der Waals surface area contributed by atoms with Crippen molar-refractivity contribution >= 4 is 18.5 Å². The summed E-state index contributed by atoms with van der Waals surface area (Å²) >= 11 is 0. The highest BCUT2D eigenvalue weighted by Gasteiger charge is 2.35. The Labute approximate surface area is 109 Å². The normalized spacial score (nSPS) is 24.4. The molecular formula is C11H23ClN2O3. The largest absolute Gasteiger partial charge is 0.444 e. The van der Waals surface area contributed by atoms with Crippen LogP contribution in [0.15, 0.2) is 0 Å². The number of hydrogen-bond acceptors (Lipinski definition) is 4. The number of likely N-dealkylation sites (tertiary alicyclic amines) is 1. The third-order valence-corrected chi connectivity index (χ3v) is 2.43. The molecule has 0 spiro atoms. The first-order chi connectivity index (χ1) is 7.33. The van der Waals surface area contributed by atoms with Crippen molar-refractivity contribution in [2.45, 2.75) is 44.9 Å². The van der Waals surface area contributed by atoms with E-state index in [1.54, 1.807) is 12.0 Å². The Morgan fingerprint density at radius 2 is 2.06 bits per heavy atom. The smallest absolute Gasteiger partial charge is 0.410 e. The number of methoxy groups -OCH3 is 1. The average Bonchev–Trinajstić information content (AvgIpc) is 2.44. The van der Waals surface area contributed by atoms with Crippen molar-refractivity contribution in [2.75, 3.05) is 20.3 Å². The fourth-order valence-electron chi connectivity index (χ4n) is 1.85. The first-order valence-electron chi connectivity index (χ1n) is 5.57. The van der Waals surface area contributed by atoms with Gasteiger partial charge in [0, 0.05) is 19.7 Å². The standard InChI is InChI=1S/C11H22N2O3.ClH/c1-11(2,3)16-10(14)13-6-8(12)5-9(13)7-15-4;/h8-9H,5-7,12H2,1-4H3;1H/t8-,9+;/m1./s1. The number of ether oxygens (including phenoxy) is 2. The van der Waals surface area contributed by atoms with Crippen LogP contribution in [0.5, 0.6) is 0 Å². The Hall–Kier alpha value is -0.520. The number of rotatable bonds is 2. The molecule has 0 unspecified atom stereocenters. The van der Waals surface area contributed by atoms with Gasteiger partial charge in [-0.05, 0) is 27.2 Å². The minimum Gasteiger partial charge on any atom is -0.444 e. The van der Waals surface area contributed by atoms with Crippen molar-refractivity contribution in [2.24, 2.45) is 5.73 Å². The summed E-state index contributed by atoms with van der Waals surface area (Å²) in [5.41, 5.74) is 5.37. The molecule has 1 aliphatic rings. The van der Waals surface area contributed by atoms with Gasteiger partial charge < -0.3 is 20.1 Å². The van der Waals surface area contributed by atoms with Gasteiger partial charge in [0.25, 0.3) is 0 Å². The third-order valence-electron chi connectivity index (χ3n) is 2.43. The highest BCUT2D eigenvalue weighted by Crippen LogP contribution is 2.20. The van der Waals surface area contributed by atoms with Crippen molar-refractivity contribution in [3.63, 3.8) is 0 Å². The first-order valence-corrected chi connectivity index (χ1v) is 5.57. The van der Waals surface area contributed by atoms with E-state index in [1.165, 1.54) is 0 Å². The lowest BCUT2D eigenvalue weighted by molar-refractivity contribution is 0.0147. The summed E-state index contributed by atoms with van der Waals surface area (Å²) in [6.45, 7) is 6.61. The number of halogens is 1. The molecule has 1 saturated heterocycles. The second kappa shape index (κ2) is 6.42. The molecule has 0 radical (unpaired) electrons. The van der Waals surface area contributed by atoms with Gasteiger partial charge in [-0.1, -0.05) is 0 Å². The van der Waals surface area contributed by atoms with Gasteiger partial charge in [-0.2, -0.15) is 0 Å². The molecule has 5 nitrogen and oxygen atoms in total. The average molecular weight is 267 g/mol. The molecule has 0 aromatic rings. The monoisotopic (exact) mass is 266 g/mol. The molecule has 1 rings (SSSR count). The molecule has 1 aliphatic heterocycles. The molecule has 1 fully saturated rings. The van der Waals surface area contributed by atoms with E-state index in [2.05, 4.69) is 0 Å². The van der Waals surface area contributed by atoms with E-state index in [0.29, 0.717) is 13.2 Å². The molecule has 0 bridgehead atoms. The van der Waals surface area contributed by atoms with Gasteiger partial charge in [0.1, 0.15) is 5.60 Å². The van der Waals surface area contributed by atoms with Crippen molar-refractivity contribution in [1.29, 1.82) is 0 Å². The van der Waals surface area contributed by atoms with E-state index in [-0.39, 0.29) is 30.6 Å². The summed E-state index contributed by atoms with van der Waals surface area (Å²) in [7, 11) is 1.62. The lowest BCUT2D eigenvalue weighted by Gasteiger charge is -2.28. The second-order valence-electron chi connectivity index (χ2n) is 5.24. The van der Waals surface area contributed by atoms with Crippen molar-refractivity contribution < 1.29 is 14.3 Å². The Morgan fingerprint density at radius 1 is 1.47 bits per heavy atom. The lowest BCUT2D eigenvalue weighted by Crippen LogP contribution is -2.42. The predicted octanol–water partition coefficient (Wildman–Crippen LogP) is 1.39. The summed E-state index contributed by atoms with van der Waals surface area (Å²) in [6, 6.07) is 0.0579. The number of nitrogens with two attached hydrogens (primary N) is 1. The third kappa shape index (κ3) is 5.10. The molecule has 2 atom stereocenters. The van der Waals surface area contributed by atoms with Crippen LogP contribution in [0.3, 0.4) is 0 Å². The maximum absolute atomic E-state index is 11.9. The fourth-order valence-corrected chi connectivity index (χ4v) is 1.85. The van der Waals surface area contributed by atoms with Crippen LogP contribution in [-0.4, -0.2) is 48.9 Å². The summed E-state index contributed by atoms with van der Waals surface area (Å²) in [4.78, 5) is 13.6. The summed E-state index contributed by atoms with van der Waals surface area (Å²) < 4.78 is 10.4. The summed E-state index contributed by atoms with van der Waals surface area (Å²) in [5, 5.41) is 0. The van der Waals surface area contributed by atoms with Gasteiger partial charge >= 0.3 is 6.09 Å². The van der Waals surface area contributed by atoms with E-state index in [0.717, 1.165) is 6.42 Å². The van der Waals surface area contributed by atoms with E-state index < -0.39 is 5.60 Å². The highest BCUT2D eigenvalue weighted by atomic mass is 35.5. The van der Waals surface area contributed by atoms with Crippen molar-refractivity contribution in [1.82, 2.24) is 4.90 Å². The molecule has 2 N–H and O–H groups in total. The minimum absolute atomic E-state index is 0. The van der Waals surface area contributed by atoms with Crippen molar-refractivity contribution in [3.05, 3.63) is 0 Å². The van der Waals surface area contributed by atoms with Gasteiger partial charge in [-0.3, -0.25) is 0 Å². The van der Waals surface area contributed by atoms with E-state index in [4.69, 9.17) is 15.2 Å². The first kappa shape index (κ1) is 16.5. The Balaban J connectivity index is 0.00000256. The van der Waals surface area contributed by atoms with Gasteiger partial charge in [0.15, 0.2) is 0 Å². The Morgan fingerprint density at radius 3 is 2.53 bits per heavy atom. The van der Waals surface area contributed by atoms with E-state index in [9.17, 15) is 4.79 Å². The highest BCUT2D eigenvalue weighted by molar-refractivity contribution is 5.85. The van der Waals surface area contributed by atoms with Crippen LogP contribution in [0.2, 0.25) is 0 Å². The number of hydrogen-bond donors (Lipinski definition) is 1. The molecular weight excluding hydrogens is 244 g/mol. The van der Waals surface area contributed by atoms with E-state index >= 15 is 0 Å². The van der Waals surface area contributed by atoms with Gasteiger partial charge in [-0.25, -0.2) is 4.79 Å². The van der Waals surface area contributed by atoms with Crippen LogP contribution in [0, 0.1) is 0 Å². The van der Waals surface area contributed by atoms with Gasteiger partial charge in [0.05, 0.1) is 12.6 Å². The molecule has 0 aromatic heterocycles. The van der Waals surface area contributed by atoms with Crippen LogP contribution in [-0.2, 0) is 9.47 Å². The molecule has 1 amide bonds. The van der Waals surface area contributed by atoms with Crippen LogP contribution in [0.4, 0.5) is 4.79 Å². The molecule has 102 valence electrons. The zero-order chi connectivity index (χ0) is 12.3. The predicted molar refractivity (Wildman–Crippen MR) is 68.4 cm³/mol. The van der Waals surface area contributed by atoms with Crippen molar-refractivity contribution in [3.8, 4) is 0 Å². The summed E-state index contributed by atoms with van der Waals surface area (Å²) in [6.07, 6.45) is 0.468. The molecule has 0 aliphatic carbocycles. The summed E-state index contributed by atoms with van der Waals surface area (Å²) in [5.74, 6) is 0. The fraction of sp³-hybridized carbons (Fsp3) is 0.909. The molecule has 6 heteroatoms. The van der Waals surface area contributed by atoms with Gasteiger partial charge in [0.2, 0.25) is 0 Å². The number of carbonyl (C=O) groups is 1. The molecule has 17 heavy (non-hydrogen) atoms. The molecule has 0 saturated carbocycles.